The second kappa shape index (κ2) is 8.71. The van der Waals surface area contributed by atoms with Gasteiger partial charge in [0.25, 0.3) is 0 Å². The monoisotopic (exact) mass is 303 g/mol. The van der Waals surface area contributed by atoms with Crippen LogP contribution in [0.1, 0.15) is 27.2 Å². The Morgan fingerprint density at radius 2 is 1.57 bits per heavy atom. The zero-order valence-electron chi connectivity index (χ0n) is 14.0. The second-order valence-corrected chi connectivity index (χ2v) is 6.33. The number of hydrogen-bond acceptors (Lipinski definition) is 4. The van der Waals surface area contributed by atoms with Gasteiger partial charge in [-0.2, -0.15) is 0 Å². The average molecular weight is 303 g/mol. The summed E-state index contributed by atoms with van der Waals surface area (Å²) in [4.78, 5) is 27.7. The standard InChI is InChI=1S/C14H29N3O4/c1-14(2,3)21-13(20)16(6)10-11-17(12(18)19)9-7-8-15(4)5/h7-11H2,1-6H3,(H,18,19). The molecule has 1 N–H and O–H groups in total. The molecule has 124 valence electrons. The number of nitrogens with zero attached hydrogens (tertiary/aromatic N) is 3. The van der Waals surface area contributed by atoms with Crippen molar-refractivity contribution in [1.82, 2.24) is 14.7 Å². The number of hydrogen-bond donors (Lipinski definition) is 1. The highest BCUT2D eigenvalue weighted by atomic mass is 16.6. The van der Waals surface area contributed by atoms with Crippen LogP contribution in [0.4, 0.5) is 9.59 Å². The van der Waals surface area contributed by atoms with Crippen molar-refractivity contribution in [2.24, 2.45) is 0 Å². The van der Waals surface area contributed by atoms with E-state index in [0.717, 1.165) is 13.0 Å². The zero-order valence-corrected chi connectivity index (χ0v) is 14.0. The van der Waals surface area contributed by atoms with Crippen LogP contribution in [0.5, 0.6) is 0 Å². The van der Waals surface area contributed by atoms with Crippen molar-refractivity contribution in [1.29, 1.82) is 0 Å². The molecule has 0 aliphatic carbocycles. The van der Waals surface area contributed by atoms with Gasteiger partial charge in [0, 0.05) is 26.7 Å². The van der Waals surface area contributed by atoms with Crippen LogP contribution in [-0.4, -0.2) is 84.9 Å². The van der Waals surface area contributed by atoms with Crippen molar-refractivity contribution in [2.75, 3.05) is 47.3 Å². The fourth-order valence-electron chi connectivity index (χ4n) is 1.58. The molecule has 0 aromatic rings. The van der Waals surface area contributed by atoms with Gasteiger partial charge in [-0.25, -0.2) is 9.59 Å². The highest BCUT2D eigenvalue weighted by Crippen LogP contribution is 2.09. The van der Waals surface area contributed by atoms with Crippen LogP contribution in [0.3, 0.4) is 0 Å². The van der Waals surface area contributed by atoms with Crippen molar-refractivity contribution < 1.29 is 19.4 Å². The van der Waals surface area contributed by atoms with E-state index in [1.165, 1.54) is 9.80 Å². The normalized spacial score (nSPS) is 11.4. The number of amides is 2. The number of likely N-dealkylation sites (N-methyl/N-ethyl adjacent to an activating group) is 1. The van der Waals surface area contributed by atoms with E-state index in [0.29, 0.717) is 13.1 Å². The van der Waals surface area contributed by atoms with E-state index in [9.17, 15) is 9.59 Å². The summed E-state index contributed by atoms with van der Waals surface area (Å²) < 4.78 is 5.22. The number of ether oxygens (including phenoxy) is 1. The molecule has 0 radical (unpaired) electrons. The number of carbonyl (C=O) groups excluding carboxylic acids is 1. The minimum Gasteiger partial charge on any atom is -0.465 e. The molecule has 7 heteroatoms. The molecule has 0 heterocycles. The van der Waals surface area contributed by atoms with Crippen molar-refractivity contribution in [3.8, 4) is 0 Å². The van der Waals surface area contributed by atoms with Gasteiger partial charge < -0.3 is 24.5 Å². The summed E-state index contributed by atoms with van der Waals surface area (Å²) in [5.74, 6) is 0. The largest absolute Gasteiger partial charge is 0.465 e. The number of carbonyl (C=O) groups is 2. The Bertz CT molecular complexity index is 340. The maximum atomic E-state index is 11.8. The van der Waals surface area contributed by atoms with Crippen LogP contribution in [0.15, 0.2) is 0 Å². The predicted molar refractivity (Wildman–Crippen MR) is 81.6 cm³/mol. The molecule has 0 saturated heterocycles. The second-order valence-electron chi connectivity index (χ2n) is 6.33. The van der Waals surface area contributed by atoms with Gasteiger partial charge >= 0.3 is 12.2 Å². The van der Waals surface area contributed by atoms with Crippen LogP contribution in [0, 0.1) is 0 Å². The summed E-state index contributed by atoms with van der Waals surface area (Å²) in [5, 5.41) is 9.15. The van der Waals surface area contributed by atoms with Gasteiger partial charge in [-0.3, -0.25) is 0 Å². The maximum absolute atomic E-state index is 11.8. The van der Waals surface area contributed by atoms with Gasteiger partial charge in [-0.05, 0) is 47.8 Å². The Labute approximate surface area is 127 Å². The third kappa shape index (κ3) is 9.95. The van der Waals surface area contributed by atoms with Crippen LogP contribution >= 0.6 is 0 Å². The Morgan fingerprint density at radius 1 is 1.00 bits per heavy atom. The Balaban J connectivity index is 4.23. The molecule has 0 aromatic carbocycles. The first kappa shape index (κ1) is 19.5. The minimum absolute atomic E-state index is 0.276. The lowest BCUT2D eigenvalue weighted by molar-refractivity contribution is 0.0282. The number of carboxylic acid groups (broad SMARTS) is 1. The lowest BCUT2D eigenvalue weighted by atomic mass is 10.2. The van der Waals surface area contributed by atoms with Crippen LogP contribution < -0.4 is 0 Å². The van der Waals surface area contributed by atoms with Crippen molar-refractivity contribution in [3.05, 3.63) is 0 Å². The molecule has 0 bridgehead atoms. The molecule has 0 aliphatic heterocycles. The van der Waals surface area contributed by atoms with Gasteiger partial charge in [0.15, 0.2) is 0 Å². The lowest BCUT2D eigenvalue weighted by Crippen LogP contribution is -2.41. The average Bonchev–Trinajstić information content (AvgIpc) is 2.29. The summed E-state index contributed by atoms with van der Waals surface area (Å²) in [6.45, 7) is 7.25. The Hall–Kier alpha value is -1.50. The Kier molecular flexibility index (Phi) is 8.09. The van der Waals surface area contributed by atoms with E-state index in [1.54, 1.807) is 27.8 Å². The highest BCUT2D eigenvalue weighted by Gasteiger charge is 2.20. The van der Waals surface area contributed by atoms with Gasteiger partial charge in [0.2, 0.25) is 0 Å². The van der Waals surface area contributed by atoms with Crippen molar-refractivity contribution in [3.63, 3.8) is 0 Å². The van der Waals surface area contributed by atoms with Crippen LogP contribution in [0.25, 0.3) is 0 Å². The molecule has 2 amide bonds. The molecular formula is C14H29N3O4. The molecular weight excluding hydrogens is 274 g/mol. The van der Waals surface area contributed by atoms with Gasteiger partial charge in [-0.15, -0.1) is 0 Å². The molecule has 0 unspecified atom stereocenters. The van der Waals surface area contributed by atoms with Crippen molar-refractivity contribution >= 4 is 12.2 Å². The summed E-state index contributed by atoms with van der Waals surface area (Å²) in [5.41, 5.74) is -0.552. The summed E-state index contributed by atoms with van der Waals surface area (Å²) in [7, 11) is 5.50. The summed E-state index contributed by atoms with van der Waals surface area (Å²) in [6, 6.07) is 0. The van der Waals surface area contributed by atoms with E-state index in [2.05, 4.69) is 0 Å². The topological polar surface area (TPSA) is 73.3 Å². The quantitative estimate of drug-likeness (QED) is 0.776. The zero-order chi connectivity index (χ0) is 16.6. The first-order valence-electron chi connectivity index (χ1n) is 7.09. The highest BCUT2D eigenvalue weighted by molar-refractivity contribution is 5.68. The van der Waals surface area contributed by atoms with Gasteiger partial charge in [0.05, 0.1) is 0 Å². The van der Waals surface area contributed by atoms with E-state index >= 15 is 0 Å². The van der Waals surface area contributed by atoms with E-state index in [-0.39, 0.29) is 6.54 Å². The van der Waals surface area contributed by atoms with Crippen LogP contribution in [-0.2, 0) is 4.74 Å². The SMILES string of the molecule is CN(C)CCCN(CCN(C)C(=O)OC(C)(C)C)C(=O)O. The number of rotatable bonds is 7. The molecule has 0 atom stereocenters. The van der Waals surface area contributed by atoms with Gasteiger partial charge in [0.1, 0.15) is 5.60 Å². The predicted octanol–water partition coefficient (Wildman–Crippen LogP) is 1.78. The molecule has 0 fully saturated rings. The van der Waals surface area contributed by atoms with Gasteiger partial charge in [-0.1, -0.05) is 0 Å². The summed E-state index contributed by atoms with van der Waals surface area (Å²) in [6.07, 6.45) is -0.650. The first-order chi connectivity index (χ1) is 9.53. The maximum Gasteiger partial charge on any atom is 0.410 e. The van der Waals surface area contributed by atoms with Crippen molar-refractivity contribution in [2.45, 2.75) is 32.8 Å². The molecule has 0 aromatic heterocycles. The molecule has 0 aliphatic rings. The van der Waals surface area contributed by atoms with Crippen LogP contribution in [0.2, 0.25) is 0 Å². The molecule has 0 rings (SSSR count). The molecule has 21 heavy (non-hydrogen) atoms. The first-order valence-corrected chi connectivity index (χ1v) is 7.09. The van der Waals surface area contributed by atoms with E-state index < -0.39 is 17.8 Å². The third-order valence-corrected chi connectivity index (χ3v) is 2.71. The van der Waals surface area contributed by atoms with E-state index in [1.807, 2.05) is 19.0 Å². The molecule has 0 spiro atoms. The third-order valence-electron chi connectivity index (χ3n) is 2.71. The lowest BCUT2D eigenvalue weighted by Gasteiger charge is -2.27. The fourth-order valence-corrected chi connectivity index (χ4v) is 1.58. The Morgan fingerprint density at radius 3 is 2.00 bits per heavy atom. The smallest absolute Gasteiger partial charge is 0.410 e. The minimum atomic E-state index is -0.966. The fraction of sp³-hybridized carbons (Fsp3) is 0.857. The molecule has 7 nitrogen and oxygen atoms in total. The van der Waals surface area contributed by atoms with E-state index in [4.69, 9.17) is 9.84 Å². The summed E-state index contributed by atoms with van der Waals surface area (Å²) >= 11 is 0. The molecule has 0 saturated carbocycles.